The maximum absolute atomic E-state index is 5.30. The molecular weight excluding hydrogens is 252 g/mol. The van der Waals surface area contributed by atoms with Crippen LogP contribution in [0.4, 0.5) is 0 Å². The van der Waals surface area contributed by atoms with Crippen LogP contribution in [0.25, 0.3) is 0 Å². The Kier molecular flexibility index (Phi) is 6.30. The average Bonchev–Trinajstić information content (AvgIpc) is 2.98. The molecule has 0 amide bonds. The summed E-state index contributed by atoms with van der Waals surface area (Å²) < 4.78 is 10.5. The van der Waals surface area contributed by atoms with Crippen LogP contribution in [-0.4, -0.2) is 51.4 Å². The molecule has 1 aliphatic heterocycles. The Morgan fingerprint density at radius 1 is 1.35 bits per heavy atom. The first-order valence-electron chi connectivity index (χ1n) is 7.39. The van der Waals surface area contributed by atoms with Crippen molar-refractivity contribution in [1.29, 1.82) is 0 Å². The molecule has 1 fully saturated rings. The van der Waals surface area contributed by atoms with Gasteiger partial charge in [-0.1, -0.05) is 12.1 Å². The zero-order valence-corrected chi connectivity index (χ0v) is 12.6. The average molecular weight is 278 g/mol. The van der Waals surface area contributed by atoms with E-state index in [0.29, 0.717) is 6.04 Å². The van der Waals surface area contributed by atoms with E-state index in [-0.39, 0.29) is 0 Å². The Hall–Kier alpha value is -1.10. The Morgan fingerprint density at radius 3 is 2.95 bits per heavy atom. The molecule has 1 N–H and O–H groups in total. The number of nitrogens with one attached hydrogen (secondary N) is 1. The minimum Gasteiger partial charge on any atom is -0.497 e. The SMILES string of the molecule is COCCN(Cc1cccc(OC)c1)CC1CCCN1. The normalized spacial score (nSPS) is 18.6. The minimum atomic E-state index is 0.623. The van der Waals surface area contributed by atoms with Gasteiger partial charge in [0.1, 0.15) is 5.75 Å². The second-order valence-electron chi connectivity index (χ2n) is 5.37. The van der Waals surface area contributed by atoms with E-state index in [1.807, 2.05) is 6.07 Å². The highest BCUT2D eigenvalue weighted by Crippen LogP contribution is 2.15. The van der Waals surface area contributed by atoms with Gasteiger partial charge in [-0.25, -0.2) is 0 Å². The predicted molar refractivity (Wildman–Crippen MR) is 81.2 cm³/mol. The third kappa shape index (κ3) is 4.78. The Labute approximate surface area is 122 Å². The van der Waals surface area contributed by atoms with Crippen LogP contribution in [0.5, 0.6) is 5.75 Å². The lowest BCUT2D eigenvalue weighted by Crippen LogP contribution is -2.38. The predicted octanol–water partition coefficient (Wildman–Crippen LogP) is 1.90. The molecule has 112 valence electrons. The molecule has 0 aromatic heterocycles. The summed E-state index contributed by atoms with van der Waals surface area (Å²) in [5.41, 5.74) is 1.29. The fourth-order valence-electron chi connectivity index (χ4n) is 2.71. The maximum Gasteiger partial charge on any atom is 0.119 e. The van der Waals surface area contributed by atoms with Gasteiger partial charge in [0.15, 0.2) is 0 Å². The van der Waals surface area contributed by atoms with Gasteiger partial charge >= 0.3 is 0 Å². The molecule has 4 heteroatoms. The van der Waals surface area contributed by atoms with E-state index in [4.69, 9.17) is 9.47 Å². The second kappa shape index (κ2) is 8.25. The number of methoxy groups -OCH3 is 2. The van der Waals surface area contributed by atoms with Gasteiger partial charge in [0.2, 0.25) is 0 Å². The summed E-state index contributed by atoms with van der Waals surface area (Å²) in [6, 6.07) is 8.93. The molecule has 0 saturated carbocycles. The lowest BCUT2D eigenvalue weighted by molar-refractivity contribution is 0.138. The molecule has 0 aliphatic carbocycles. The lowest BCUT2D eigenvalue weighted by atomic mass is 10.1. The van der Waals surface area contributed by atoms with Crippen LogP contribution in [0.3, 0.4) is 0 Å². The van der Waals surface area contributed by atoms with Gasteiger partial charge in [0, 0.05) is 32.8 Å². The van der Waals surface area contributed by atoms with Crippen molar-refractivity contribution in [3.05, 3.63) is 29.8 Å². The van der Waals surface area contributed by atoms with Crippen molar-refractivity contribution in [3.8, 4) is 5.75 Å². The van der Waals surface area contributed by atoms with Crippen molar-refractivity contribution in [1.82, 2.24) is 10.2 Å². The van der Waals surface area contributed by atoms with Crippen LogP contribution in [0, 0.1) is 0 Å². The quantitative estimate of drug-likeness (QED) is 0.787. The topological polar surface area (TPSA) is 33.7 Å². The van der Waals surface area contributed by atoms with E-state index >= 15 is 0 Å². The van der Waals surface area contributed by atoms with Crippen molar-refractivity contribution in [2.75, 3.05) is 40.5 Å². The van der Waals surface area contributed by atoms with Crippen LogP contribution >= 0.6 is 0 Å². The summed E-state index contributed by atoms with van der Waals surface area (Å²) in [6.07, 6.45) is 2.57. The highest BCUT2D eigenvalue weighted by molar-refractivity contribution is 5.28. The van der Waals surface area contributed by atoms with E-state index in [1.165, 1.54) is 18.4 Å². The fraction of sp³-hybridized carbons (Fsp3) is 0.625. The van der Waals surface area contributed by atoms with Crippen LogP contribution < -0.4 is 10.1 Å². The smallest absolute Gasteiger partial charge is 0.119 e. The molecule has 1 aromatic carbocycles. The second-order valence-corrected chi connectivity index (χ2v) is 5.37. The lowest BCUT2D eigenvalue weighted by Gasteiger charge is -2.25. The summed E-state index contributed by atoms with van der Waals surface area (Å²) in [6.45, 7) is 4.92. The van der Waals surface area contributed by atoms with E-state index in [2.05, 4.69) is 28.4 Å². The summed E-state index contributed by atoms with van der Waals surface area (Å²) in [7, 11) is 3.47. The third-order valence-electron chi connectivity index (χ3n) is 3.79. The van der Waals surface area contributed by atoms with Gasteiger partial charge in [-0.2, -0.15) is 0 Å². The van der Waals surface area contributed by atoms with Gasteiger partial charge < -0.3 is 14.8 Å². The fourth-order valence-corrected chi connectivity index (χ4v) is 2.71. The molecule has 4 nitrogen and oxygen atoms in total. The molecule has 1 saturated heterocycles. The molecule has 0 spiro atoms. The largest absolute Gasteiger partial charge is 0.497 e. The molecule has 20 heavy (non-hydrogen) atoms. The van der Waals surface area contributed by atoms with Crippen molar-refractivity contribution in [2.24, 2.45) is 0 Å². The van der Waals surface area contributed by atoms with E-state index in [1.54, 1.807) is 14.2 Å². The van der Waals surface area contributed by atoms with Crippen LogP contribution in [-0.2, 0) is 11.3 Å². The summed E-state index contributed by atoms with van der Waals surface area (Å²) >= 11 is 0. The first-order valence-corrected chi connectivity index (χ1v) is 7.39. The van der Waals surface area contributed by atoms with Gasteiger partial charge in [-0.15, -0.1) is 0 Å². The Morgan fingerprint density at radius 2 is 2.25 bits per heavy atom. The van der Waals surface area contributed by atoms with Gasteiger partial charge in [-0.3, -0.25) is 4.90 Å². The molecule has 0 bridgehead atoms. The Balaban J connectivity index is 1.94. The zero-order valence-electron chi connectivity index (χ0n) is 12.6. The molecular formula is C16H26N2O2. The Bertz CT molecular complexity index is 392. The standard InChI is InChI=1S/C16H26N2O2/c1-19-10-9-18(13-15-6-4-8-17-15)12-14-5-3-7-16(11-14)20-2/h3,5,7,11,15,17H,4,6,8-10,12-13H2,1-2H3. The van der Waals surface area contributed by atoms with Gasteiger partial charge in [-0.05, 0) is 37.1 Å². The first kappa shape index (κ1) is 15.3. The van der Waals surface area contributed by atoms with E-state index in [0.717, 1.165) is 38.5 Å². The number of hydrogen-bond acceptors (Lipinski definition) is 4. The van der Waals surface area contributed by atoms with Crippen LogP contribution in [0.2, 0.25) is 0 Å². The summed E-state index contributed by atoms with van der Waals surface area (Å²) in [5.74, 6) is 0.924. The molecule has 1 unspecified atom stereocenters. The monoisotopic (exact) mass is 278 g/mol. The van der Waals surface area contributed by atoms with Crippen LogP contribution in [0.1, 0.15) is 18.4 Å². The van der Waals surface area contributed by atoms with Crippen molar-refractivity contribution in [3.63, 3.8) is 0 Å². The van der Waals surface area contributed by atoms with E-state index < -0.39 is 0 Å². The number of hydrogen-bond donors (Lipinski definition) is 1. The van der Waals surface area contributed by atoms with Crippen molar-refractivity contribution in [2.45, 2.75) is 25.4 Å². The highest BCUT2D eigenvalue weighted by atomic mass is 16.5. The number of rotatable bonds is 8. The summed E-state index contributed by atoms with van der Waals surface area (Å²) in [4.78, 5) is 2.46. The van der Waals surface area contributed by atoms with Crippen LogP contribution in [0.15, 0.2) is 24.3 Å². The third-order valence-corrected chi connectivity index (χ3v) is 3.79. The molecule has 1 aliphatic rings. The molecule has 1 heterocycles. The van der Waals surface area contributed by atoms with Crippen molar-refractivity contribution >= 4 is 0 Å². The van der Waals surface area contributed by atoms with Crippen molar-refractivity contribution < 1.29 is 9.47 Å². The first-order chi connectivity index (χ1) is 9.81. The summed E-state index contributed by atoms with van der Waals surface area (Å²) in [5, 5.41) is 3.56. The van der Waals surface area contributed by atoms with Gasteiger partial charge in [0.25, 0.3) is 0 Å². The van der Waals surface area contributed by atoms with E-state index in [9.17, 15) is 0 Å². The number of ether oxygens (including phenoxy) is 2. The molecule has 2 rings (SSSR count). The molecule has 1 aromatic rings. The zero-order chi connectivity index (χ0) is 14.2. The molecule has 0 radical (unpaired) electrons. The highest BCUT2D eigenvalue weighted by Gasteiger charge is 2.18. The molecule has 1 atom stereocenters. The maximum atomic E-state index is 5.30. The number of benzene rings is 1. The minimum absolute atomic E-state index is 0.623. The van der Waals surface area contributed by atoms with Gasteiger partial charge in [0.05, 0.1) is 13.7 Å². The number of nitrogens with zero attached hydrogens (tertiary/aromatic N) is 1.